The smallest absolute Gasteiger partial charge is 0.416 e. The van der Waals surface area contributed by atoms with E-state index in [1.165, 1.54) is 22.5 Å². The molecule has 5 nitrogen and oxygen atoms in total. The topological polar surface area (TPSA) is 59.5 Å². The van der Waals surface area contributed by atoms with Crippen molar-refractivity contribution in [3.05, 3.63) is 53.2 Å². The molecule has 0 aliphatic carbocycles. The summed E-state index contributed by atoms with van der Waals surface area (Å²) in [6.45, 7) is 0.214. The quantitative estimate of drug-likeness (QED) is 0.778. The lowest BCUT2D eigenvalue weighted by molar-refractivity contribution is -0.137. The van der Waals surface area contributed by atoms with Gasteiger partial charge in [-0.2, -0.15) is 17.5 Å². The molecule has 1 aliphatic heterocycles. The van der Waals surface area contributed by atoms with Gasteiger partial charge in [-0.05, 0) is 30.7 Å². The van der Waals surface area contributed by atoms with Crippen LogP contribution in [0.1, 0.15) is 12.0 Å². The molecule has 1 unspecified atom stereocenters. The Bertz CT molecular complexity index is 906. The predicted octanol–water partition coefficient (Wildman–Crippen LogP) is 3.60. The third-order valence-electron chi connectivity index (χ3n) is 3.89. The van der Waals surface area contributed by atoms with Gasteiger partial charge in [0.15, 0.2) is 0 Å². The second-order valence-corrected chi connectivity index (χ2v) is 8.10. The van der Waals surface area contributed by atoms with Crippen molar-refractivity contribution in [1.82, 2.24) is 9.29 Å². The molecule has 26 heavy (non-hydrogen) atoms. The Balaban J connectivity index is 1.71. The molecule has 3 rings (SSSR count). The Labute approximate surface area is 153 Å². The monoisotopic (exact) mass is 406 g/mol. The van der Waals surface area contributed by atoms with Gasteiger partial charge in [-0.3, -0.25) is 0 Å². The van der Waals surface area contributed by atoms with Crippen LogP contribution in [0.4, 0.5) is 13.2 Å². The minimum atomic E-state index is -4.50. The van der Waals surface area contributed by atoms with E-state index in [4.69, 9.17) is 16.3 Å². The molecule has 2 heterocycles. The number of alkyl halides is 3. The molecule has 1 atom stereocenters. The van der Waals surface area contributed by atoms with Gasteiger partial charge in [0, 0.05) is 23.8 Å². The lowest BCUT2D eigenvalue weighted by Crippen LogP contribution is -2.31. The van der Waals surface area contributed by atoms with Gasteiger partial charge in [-0.15, -0.1) is 0 Å². The van der Waals surface area contributed by atoms with Gasteiger partial charge >= 0.3 is 6.18 Å². The molecule has 1 aromatic heterocycles. The van der Waals surface area contributed by atoms with E-state index < -0.39 is 27.9 Å². The highest BCUT2D eigenvalue weighted by Crippen LogP contribution is 2.31. The number of rotatable bonds is 4. The van der Waals surface area contributed by atoms with Crippen molar-refractivity contribution in [3.63, 3.8) is 0 Å². The van der Waals surface area contributed by atoms with Crippen molar-refractivity contribution in [2.75, 3.05) is 13.1 Å². The maximum atomic E-state index is 12.7. The first-order valence-corrected chi connectivity index (χ1v) is 9.44. The maximum absolute atomic E-state index is 12.7. The molecule has 0 N–H and O–H groups in total. The number of aromatic nitrogens is 1. The first-order valence-electron chi connectivity index (χ1n) is 7.62. The highest BCUT2D eigenvalue weighted by molar-refractivity contribution is 7.89. The Morgan fingerprint density at radius 3 is 2.69 bits per heavy atom. The van der Waals surface area contributed by atoms with Crippen LogP contribution in [0, 0.1) is 0 Å². The molecule has 2 aromatic rings. The zero-order chi connectivity index (χ0) is 18.9. The van der Waals surface area contributed by atoms with Gasteiger partial charge in [0.05, 0.1) is 17.0 Å². The maximum Gasteiger partial charge on any atom is 0.416 e. The number of halogens is 4. The van der Waals surface area contributed by atoms with Crippen LogP contribution in [0.5, 0.6) is 5.88 Å². The third kappa shape index (κ3) is 4.11. The highest BCUT2D eigenvalue weighted by atomic mass is 35.5. The number of nitrogens with zero attached hydrogens (tertiary/aromatic N) is 2. The summed E-state index contributed by atoms with van der Waals surface area (Å²) < 4.78 is 70.1. The zero-order valence-corrected chi connectivity index (χ0v) is 14.9. The normalized spacial score (nSPS) is 18.8. The Hall–Kier alpha value is -1.84. The summed E-state index contributed by atoms with van der Waals surface area (Å²) in [5.74, 6) is -0.188. The fraction of sp³-hybridized carbons (Fsp3) is 0.312. The van der Waals surface area contributed by atoms with E-state index in [1.807, 2.05) is 0 Å². The molecule has 0 saturated carbocycles. The summed E-state index contributed by atoms with van der Waals surface area (Å²) in [7, 11) is -3.75. The SMILES string of the molecule is O=S(=O)(c1cccc(Cl)c1)N1CCC(Oc2cc(C(F)(F)F)ccn2)C1. The van der Waals surface area contributed by atoms with E-state index in [0.29, 0.717) is 11.4 Å². The van der Waals surface area contributed by atoms with Crippen molar-refractivity contribution in [2.45, 2.75) is 23.6 Å². The predicted molar refractivity (Wildman–Crippen MR) is 88.5 cm³/mol. The summed E-state index contributed by atoms with van der Waals surface area (Å²) in [6.07, 6.45) is -3.73. The van der Waals surface area contributed by atoms with Gasteiger partial charge in [-0.1, -0.05) is 17.7 Å². The lowest BCUT2D eigenvalue weighted by atomic mass is 10.2. The molecule has 10 heteroatoms. The molecule has 1 aliphatic rings. The Morgan fingerprint density at radius 1 is 1.23 bits per heavy atom. The summed E-state index contributed by atoms with van der Waals surface area (Å²) >= 11 is 5.84. The average Bonchev–Trinajstić information content (AvgIpc) is 3.03. The lowest BCUT2D eigenvalue weighted by Gasteiger charge is -2.17. The van der Waals surface area contributed by atoms with Crippen LogP contribution < -0.4 is 4.74 Å². The number of hydrogen-bond acceptors (Lipinski definition) is 4. The summed E-state index contributed by atoms with van der Waals surface area (Å²) in [4.78, 5) is 3.82. The molecule has 0 bridgehead atoms. The third-order valence-corrected chi connectivity index (χ3v) is 5.99. The molecule has 0 amide bonds. The second kappa shape index (κ2) is 7.05. The molecule has 1 saturated heterocycles. The van der Waals surface area contributed by atoms with E-state index >= 15 is 0 Å². The molecule has 1 aromatic carbocycles. The highest BCUT2D eigenvalue weighted by Gasteiger charge is 2.35. The van der Waals surface area contributed by atoms with E-state index in [2.05, 4.69) is 4.98 Å². The van der Waals surface area contributed by atoms with Crippen molar-refractivity contribution in [1.29, 1.82) is 0 Å². The first-order chi connectivity index (χ1) is 12.2. The zero-order valence-electron chi connectivity index (χ0n) is 13.3. The number of ether oxygens (including phenoxy) is 1. The van der Waals surface area contributed by atoms with Crippen LogP contribution in [0.3, 0.4) is 0 Å². The van der Waals surface area contributed by atoms with Crippen LogP contribution in [-0.2, 0) is 16.2 Å². The van der Waals surface area contributed by atoms with Crippen LogP contribution in [0.2, 0.25) is 5.02 Å². The number of benzene rings is 1. The fourth-order valence-corrected chi connectivity index (χ4v) is 4.40. The van der Waals surface area contributed by atoms with Crippen LogP contribution in [0.15, 0.2) is 47.5 Å². The minimum absolute atomic E-state index is 0.0206. The Morgan fingerprint density at radius 2 is 2.00 bits per heavy atom. The van der Waals surface area contributed by atoms with Crippen molar-refractivity contribution in [2.24, 2.45) is 0 Å². The molecule has 140 valence electrons. The van der Waals surface area contributed by atoms with Crippen molar-refractivity contribution < 1.29 is 26.3 Å². The largest absolute Gasteiger partial charge is 0.473 e. The van der Waals surface area contributed by atoms with Gasteiger partial charge in [0.25, 0.3) is 0 Å². The van der Waals surface area contributed by atoms with Gasteiger partial charge in [0.1, 0.15) is 6.10 Å². The standard InChI is InChI=1S/C16H14ClF3N2O3S/c17-12-2-1-3-14(9-12)26(23,24)22-7-5-13(10-22)25-15-8-11(4-6-21-15)16(18,19)20/h1-4,6,8-9,13H,5,7,10H2. The van der Waals surface area contributed by atoms with Crippen LogP contribution >= 0.6 is 11.6 Å². The Kier molecular flexibility index (Phi) is 5.14. The molecular formula is C16H14ClF3N2O3S. The summed E-state index contributed by atoms with van der Waals surface area (Å²) in [5.41, 5.74) is -0.871. The minimum Gasteiger partial charge on any atom is -0.473 e. The van der Waals surface area contributed by atoms with Crippen molar-refractivity contribution in [3.8, 4) is 5.88 Å². The van der Waals surface area contributed by atoms with Gasteiger partial charge in [-0.25, -0.2) is 13.4 Å². The van der Waals surface area contributed by atoms with Gasteiger partial charge in [0.2, 0.25) is 15.9 Å². The van der Waals surface area contributed by atoms with E-state index in [-0.39, 0.29) is 23.9 Å². The molecular weight excluding hydrogens is 393 g/mol. The van der Waals surface area contributed by atoms with Crippen LogP contribution in [-0.4, -0.2) is 36.9 Å². The van der Waals surface area contributed by atoms with E-state index in [9.17, 15) is 21.6 Å². The first kappa shape index (κ1) is 18.9. The number of sulfonamides is 1. The average molecular weight is 407 g/mol. The van der Waals surface area contributed by atoms with Crippen LogP contribution in [0.25, 0.3) is 0 Å². The summed E-state index contributed by atoms with van der Waals surface area (Å²) in [6, 6.07) is 7.52. The number of pyridine rings is 1. The number of hydrogen-bond donors (Lipinski definition) is 0. The fourth-order valence-electron chi connectivity index (χ4n) is 2.61. The van der Waals surface area contributed by atoms with E-state index in [1.54, 1.807) is 6.07 Å². The molecule has 0 spiro atoms. The summed E-state index contributed by atoms with van der Waals surface area (Å²) in [5, 5.41) is 0.297. The van der Waals surface area contributed by atoms with Crippen molar-refractivity contribution >= 4 is 21.6 Å². The molecule has 1 fully saturated rings. The van der Waals surface area contributed by atoms with E-state index in [0.717, 1.165) is 18.3 Å². The molecule has 0 radical (unpaired) electrons. The van der Waals surface area contributed by atoms with Gasteiger partial charge < -0.3 is 4.74 Å². The second-order valence-electron chi connectivity index (χ2n) is 5.73.